The van der Waals surface area contributed by atoms with Gasteiger partial charge >= 0.3 is 0 Å². The Morgan fingerprint density at radius 1 is 0.950 bits per heavy atom. The van der Waals surface area contributed by atoms with Crippen molar-refractivity contribution in [1.82, 2.24) is 4.98 Å². The largest absolute Gasteiger partial charge is 0.396 e. The van der Waals surface area contributed by atoms with E-state index in [1.807, 2.05) is 0 Å². The van der Waals surface area contributed by atoms with E-state index >= 15 is 0 Å². The number of piperazine rings is 1. The molecule has 1 aromatic carbocycles. The van der Waals surface area contributed by atoms with Crippen LogP contribution in [-0.2, 0) is 0 Å². The Morgan fingerprint density at radius 2 is 1.60 bits per heavy atom. The maximum Gasteiger partial charge on any atom is 0.0777 e. The van der Waals surface area contributed by atoms with Crippen molar-refractivity contribution in [1.29, 1.82) is 0 Å². The van der Waals surface area contributed by atoms with Gasteiger partial charge in [0.15, 0.2) is 0 Å². The predicted molar refractivity (Wildman–Crippen MR) is 87.2 cm³/mol. The van der Waals surface area contributed by atoms with Gasteiger partial charge in [0.2, 0.25) is 0 Å². The van der Waals surface area contributed by atoms with Gasteiger partial charge in [0.05, 0.1) is 22.0 Å². The Labute approximate surface area is 127 Å². The zero-order chi connectivity index (χ0) is 13.9. The molecular formula is C15H17BrN4. The molecule has 0 aliphatic carbocycles. The Balaban J connectivity index is 1.73. The van der Waals surface area contributed by atoms with E-state index < -0.39 is 0 Å². The van der Waals surface area contributed by atoms with Gasteiger partial charge in [0, 0.05) is 38.1 Å². The number of rotatable bonds is 2. The lowest BCUT2D eigenvalue weighted by Crippen LogP contribution is -2.46. The van der Waals surface area contributed by atoms with Crippen molar-refractivity contribution in [3.63, 3.8) is 0 Å². The van der Waals surface area contributed by atoms with Crippen molar-refractivity contribution in [2.45, 2.75) is 0 Å². The van der Waals surface area contributed by atoms with E-state index in [1.165, 1.54) is 5.69 Å². The topological polar surface area (TPSA) is 45.4 Å². The van der Waals surface area contributed by atoms with E-state index in [9.17, 15) is 0 Å². The molecule has 0 amide bonds. The fourth-order valence-electron chi connectivity index (χ4n) is 2.60. The summed E-state index contributed by atoms with van der Waals surface area (Å²) in [5.41, 5.74) is 9.13. The van der Waals surface area contributed by atoms with E-state index in [4.69, 9.17) is 5.73 Å². The number of nitrogen functional groups attached to an aromatic ring is 1. The Bertz CT molecular complexity index is 559. The highest BCUT2D eigenvalue weighted by Crippen LogP contribution is 2.32. The Hall–Kier alpha value is -1.75. The van der Waals surface area contributed by atoms with Gasteiger partial charge in [-0.25, -0.2) is 0 Å². The molecule has 4 nitrogen and oxygen atoms in total. The molecule has 3 rings (SSSR count). The van der Waals surface area contributed by atoms with Gasteiger partial charge in [-0.1, -0.05) is 18.2 Å². The van der Waals surface area contributed by atoms with Crippen LogP contribution in [0.2, 0.25) is 0 Å². The first-order valence-corrected chi connectivity index (χ1v) is 7.49. The molecule has 1 saturated heterocycles. The van der Waals surface area contributed by atoms with Crippen LogP contribution in [-0.4, -0.2) is 31.2 Å². The van der Waals surface area contributed by atoms with Gasteiger partial charge in [-0.3, -0.25) is 4.98 Å². The van der Waals surface area contributed by atoms with E-state index in [0.717, 1.165) is 42.0 Å². The van der Waals surface area contributed by atoms with Crippen molar-refractivity contribution in [2.75, 3.05) is 41.7 Å². The molecule has 1 aliphatic rings. The van der Waals surface area contributed by atoms with Crippen LogP contribution >= 0.6 is 15.9 Å². The second-order valence-corrected chi connectivity index (χ2v) is 5.72. The maximum atomic E-state index is 6.05. The second-order valence-electron chi connectivity index (χ2n) is 4.87. The van der Waals surface area contributed by atoms with Crippen LogP contribution in [0.5, 0.6) is 0 Å². The van der Waals surface area contributed by atoms with Gasteiger partial charge in [-0.2, -0.15) is 0 Å². The number of benzene rings is 1. The van der Waals surface area contributed by atoms with E-state index in [0.29, 0.717) is 0 Å². The minimum atomic E-state index is 0.729. The number of halogens is 1. The van der Waals surface area contributed by atoms with E-state index in [2.05, 4.69) is 61.0 Å². The molecule has 1 aliphatic heterocycles. The third kappa shape index (κ3) is 2.58. The van der Waals surface area contributed by atoms with E-state index in [1.54, 1.807) is 12.4 Å². The van der Waals surface area contributed by atoms with Crippen LogP contribution in [0.4, 0.5) is 17.1 Å². The smallest absolute Gasteiger partial charge is 0.0777 e. The summed E-state index contributed by atoms with van der Waals surface area (Å²) in [7, 11) is 0. The normalized spacial score (nSPS) is 15.4. The molecule has 0 unspecified atom stereocenters. The van der Waals surface area contributed by atoms with Gasteiger partial charge in [0.1, 0.15) is 0 Å². The van der Waals surface area contributed by atoms with Gasteiger partial charge in [0.25, 0.3) is 0 Å². The number of anilines is 3. The Morgan fingerprint density at radius 3 is 2.25 bits per heavy atom. The fourth-order valence-corrected chi connectivity index (χ4v) is 3.20. The summed E-state index contributed by atoms with van der Waals surface area (Å²) < 4.78 is 0.964. The Kier molecular flexibility index (Phi) is 3.78. The highest BCUT2D eigenvalue weighted by atomic mass is 79.9. The van der Waals surface area contributed by atoms with Crippen molar-refractivity contribution in [2.24, 2.45) is 0 Å². The second kappa shape index (κ2) is 5.71. The van der Waals surface area contributed by atoms with Crippen molar-refractivity contribution < 1.29 is 0 Å². The lowest BCUT2D eigenvalue weighted by molar-refractivity contribution is 0.653. The molecule has 0 atom stereocenters. The minimum Gasteiger partial charge on any atom is -0.396 e. The molecule has 104 valence electrons. The summed E-state index contributed by atoms with van der Waals surface area (Å²) in [5, 5.41) is 0. The minimum absolute atomic E-state index is 0.729. The third-order valence-electron chi connectivity index (χ3n) is 3.62. The average molecular weight is 333 g/mol. The maximum absolute atomic E-state index is 6.05. The molecule has 0 saturated carbocycles. The predicted octanol–water partition coefficient (Wildman–Crippen LogP) is 2.75. The summed E-state index contributed by atoms with van der Waals surface area (Å²) in [6.07, 6.45) is 3.51. The summed E-state index contributed by atoms with van der Waals surface area (Å²) >= 11 is 3.54. The number of para-hydroxylation sites is 1. The number of pyridine rings is 1. The summed E-state index contributed by atoms with van der Waals surface area (Å²) in [6.45, 7) is 3.92. The van der Waals surface area contributed by atoms with Gasteiger partial charge in [-0.15, -0.1) is 0 Å². The van der Waals surface area contributed by atoms with Crippen LogP contribution < -0.4 is 15.5 Å². The molecule has 1 aromatic heterocycles. The van der Waals surface area contributed by atoms with Crippen molar-refractivity contribution >= 4 is 33.0 Å². The number of hydrogen-bond acceptors (Lipinski definition) is 4. The molecule has 2 N–H and O–H groups in total. The monoisotopic (exact) mass is 332 g/mol. The summed E-state index contributed by atoms with van der Waals surface area (Å²) in [4.78, 5) is 8.82. The van der Waals surface area contributed by atoms with Gasteiger partial charge in [-0.05, 0) is 28.1 Å². The molecule has 2 heterocycles. The number of aromatic nitrogens is 1. The number of nitrogens with two attached hydrogens (primary N) is 1. The third-order valence-corrected chi connectivity index (χ3v) is 4.20. The molecule has 2 aromatic rings. The van der Waals surface area contributed by atoms with E-state index in [-0.39, 0.29) is 0 Å². The molecule has 0 spiro atoms. The zero-order valence-corrected chi connectivity index (χ0v) is 12.8. The molecule has 1 fully saturated rings. The fraction of sp³-hybridized carbons (Fsp3) is 0.267. The SMILES string of the molecule is Nc1cncc(Br)c1N1CCN(c2ccccc2)CC1. The first-order chi connectivity index (χ1) is 9.75. The van der Waals surface area contributed by atoms with Crippen LogP contribution in [0, 0.1) is 0 Å². The standard InChI is InChI=1S/C15H17BrN4/c16-13-10-18-11-14(17)15(13)20-8-6-19(7-9-20)12-4-2-1-3-5-12/h1-5,10-11H,6-9,17H2. The molecule has 0 radical (unpaired) electrons. The molecule has 20 heavy (non-hydrogen) atoms. The molecule has 5 heteroatoms. The number of nitrogens with zero attached hydrogens (tertiary/aromatic N) is 3. The highest BCUT2D eigenvalue weighted by Gasteiger charge is 2.20. The summed E-state index contributed by atoms with van der Waals surface area (Å²) in [5.74, 6) is 0. The lowest BCUT2D eigenvalue weighted by atomic mass is 10.2. The molecule has 0 bridgehead atoms. The first-order valence-electron chi connectivity index (χ1n) is 6.69. The van der Waals surface area contributed by atoms with Gasteiger partial charge < -0.3 is 15.5 Å². The number of hydrogen-bond donors (Lipinski definition) is 1. The van der Waals surface area contributed by atoms with Crippen LogP contribution in [0.3, 0.4) is 0 Å². The zero-order valence-electron chi connectivity index (χ0n) is 11.2. The first kappa shape index (κ1) is 13.2. The lowest BCUT2D eigenvalue weighted by Gasteiger charge is -2.38. The van der Waals surface area contributed by atoms with Crippen LogP contribution in [0.25, 0.3) is 0 Å². The quantitative estimate of drug-likeness (QED) is 0.918. The van der Waals surface area contributed by atoms with Crippen LogP contribution in [0.15, 0.2) is 47.2 Å². The average Bonchev–Trinajstić information content (AvgIpc) is 2.49. The van der Waals surface area contributed by atoms with Crippen molar-refractivity contribution in [3.05, 3.63) is 47.2 Å². The van der Waals surface area contributed by atoms with Crippen molar-refractivity contribution in [3.8, 4) is 0 Å². The molecular weight excluding hydrogens is 316 g/mol. The summed E-state index contributed by atoms with van der Waals surface area (Å²) in [6, 6.07) is 10.5. The highest BCUT2D eigenvalue weighted by molar-refractivity contribution is 9.10. The van der Waals surface area contributed by atoms with Crippen LogP contribution in [0.1, 0.15) is 0 Å².